The second kappa shape index (κ2) is 5.30. The van der Waals surface area contributed by atoms with Gasteiger partial charge < -0.3 is 13.4 Å². The van der Waals surface area contributed by atoms with Crippen LogP contribution in [0.15, 0.2) is 100 Å². The number of rotatable bonds is 1. The van der Waals surface area contributed by atoms with Crippen molar-refractivity contribution in [3.63, 3.8) is 0 Å². The summed E-state index contributed by atoms with van der Waals surface area (Å²) in [6, 6.07) is 29.4. The van der Waals surface area contributed by atoms with Crippen molar-refractivity contribution in [2.75, 3.05) is 0 Å². The van der Waals surface area contributed by atoms with Crippen LogP contribution in [0.25, 0.3) is 60.4 Å². The summed E-state index contributed by atoms with van der Waals surface area (Å²) >= 11 is 0. The zero-order valence-electron chi connectivity index (χ0n) is 15.4. The molecule has 3 heteroatoms. The van der Waals surface area contributed by atoms with Crippen LogP contribution in [0.1, 0.15) is 0 Å². The molecule has 3 heterocycles. The molecule has 7 aromatic rings. The lowest BCUT2D eigenvalue weighted by molar-refractivity contribution is 0.619. The van der Waals surface area contributed by atoms with E-state index in [2.05, 4.69) is 71.3 Å². The van der Waals surface area contributed by atoms with Gasteiger partial charge in [0.1, 0.15) is 16.7 Å². The van der Waals surface area contributed by atoms with E-state index in [0.717, 1.165) is 49.5 Å². The number of aromatic nitrogens is 1. The fraction of sp³-hybridized carbons (Fsp3) is 0. The number of nitrogens with zero attached hydrogens (tertiary/aromatic N) is 1. The Balaban J connectivity index is 1.65. The van der Waals surface area contributed by atoms with E-state index in [-0.39, 0.29) is 0 Å². The van der Waals surface area contributed by atoms with Gasteiger partial charge in [0.2, 0.25) is 0 Å². The predicted molar refractivity (Wildman–Crippen MR) is 118 cm³/mol. The topological polar surface area (TPSA) is 31.2 Å². The molecule has 7 rings (SSSR count). The van der Waals surface area contributed by atoms with Gasteiger partial charge in [0.15, 0.2) is 0 Å². The molecule has 3 aromatic heterocycles. The van der Waals surface area contributed by atoms with Crippen LogP contribution in [0.2, 0.25) is 0 Å². The van der Waals surface area contributed by atoms with Gasteiger partial charge in [-0.05, 0) is 48.5 Å². The van der Waals surface area contributed by atoms with Crippen LogP contribution in [0, 0.1) is 0 Å². The average Bonchev–Trinajstić information content (AvgIpc) is 3.46. The lowest BCUT2D eigenvalue weighted by atomic mass is 10.1. The maximum absolute atomic E-state index is 6.02. The van der Waals surface area contributed by atoms with Gasteiger partial charge in [0, 0.05) is 27.2 Å². The Bertz CT molecular complexity index is 1710. The van der Waals surface area contributed by atoms with Crippen molar-refractivity contribution in [1.29, 1.82) is 0 Å². The van der Waals surface area contributed by atoms with E-state index in [9.17, 15) is 0 Å². The van der Waals surface area contributed by atoms with Crippen molar-refractivity contribution in [3.8, 4) is 5.69 Å². The minimum atomic E-state index is 0.907. The molecule has 0 bridgehead atoms. The molecule has 0 aliphatic rings. The first-order chi connectivity index (χ1) is 14.4. The molecule has 0 atom stereocenters. The maximum Gasteiger partial charge on any atom is 0.143 e. The molecular formula is C26H15NO2. The molecule has 0 N–H and O–H groups in total. The molecule has 0 aliphatic heterocycles. The lowest BCUT2D eigenvalue weighted by Gasteiger charge is -2.08. The summed E-state index contributed by atoms with van der Waals surface area (Å²) in [5, 5.41) is 5.73. The van der Waals surface area contributed by atoms with Crippen LogP contribution in [-0.2, 0) is 0 Å². The van der Waals surface area contributed by atoms with Crippen molar-refractivity contribution in [3.05, 3.63) is 91.2 Å². The van der Waals surface area contributed by atoms with E-state index in [1.807, 2.05) is 18.2 Å². The van der Waals surface area contributed by atoms with Crippen molar-refractivity contribution >= 4 is 54.7 Å². The van der Waals surface area contributed by atoms with Crippen molar-refractivity contribution < 1.29 is 8.83 Å². The van der Waals surface area contributed by atoms with E-state index in [1.165, 1.54) is 10.9 Å². The van der Waals surface area contributed by atoms with E-state index < -0.39 is 0 Å². The van der Waals surface area contributed by atoms with E-state index in [0.29, 0.717) is 0 Å². The van der Waals surface area contributed by atoms with Gasteiger partial charge >= 0.3 is 0 Å². The van der Waals surface area contributed by atoms with E-state index >= 15 is 0 Å². The summed E-state index contributed by atoms with van der Waals surface area (Å²) < 4.78 is 14.2. The first-order valence-corrected chi connectivity index (χ1v) is 9.69. The maximum atomic E-state index is 6.02. The molecule has 29 heavy (non-hydrogen) atoms. The van der Waals surface area contributed by atoms with Crippen molar-refractivity contribution in [1.82, 2.24) is 4.57 Å². The van der Waals surface area contributed by atoms with Crippen molar-refractivity contribution in [2.45, 2.75) is 0 Å². The van der Waals surface area contributed by atoms with Gasteiger partial charge in [0.25, 0.3) is 0 Å². The zero-order valence-corrected chi connectivity index (χ0v) is 15.4. The third kappa shape index (κ3) is 1.91. The summed E-state index contributed by atoms with van der Waals surface area (Å²) in [4.78, 5) is 0. The van der Waals surface area contributed by atoms with E-state index in [1.54, 1.807) is 6.26 Å². The summed E-state index contributed by atoms with van der Waals surface area (Å²) in [7, 11) is 0. The first kappa shape index (κ1) is 15.0. The van der Waals surface area contributed by atoms with Crippen LogP contribution in [0.3, 0.4) is 0 Å². The Morgan fingerprint density at radius 2 is 1.45 bits per heavy atom. The van der Waals surface area contributed by atoms with Crippen LogP contribution < -0.4 is 0 Å². The Hall–Kier alpha value is -3.98. The minimum absolute atomic E-state index is 0.907. The second-order valence-corrected chi connectivity index (χ2v) is 7.43. The third-order valence-electron chi connectivity index (χ3n) is 5.87. The molecule has 0 aliphatic carbocycles. The number of hydrogen-bond donors (Lipinski definition) is 0. The second-order valence-electron chi connectivity index (χ2n) is 7.43. The van der Waals surface area contributed by atoms with Crippen LogP contribution in [0.4, 0.5) is 0 Å². The molecule has 4 aromatic carbocycles. The number of para-hydroxylation sites is 2. The molecule has 0 unspecified atom stereocenters. The summed E-state index contributed by atoms with van der Waals surface area (Å²) in [6.45, 7) is 0. The minimum Gasteiger partial charge on any atom is -0.464 e. The van der Waals surface area contributed by atoms with E-state index in [4.69, 9.17) is 8.83 Å². The highest BCUT2D eigenvalue weighted by molar-refractivity contribution is 6.19. The largest absolute Gasteiger partial charge is 0.464 e. The lowest BCUT2D eigenvalue weighted by Crippen LogP contribution is -1.93. The Labute approximate surface area is 165 Å². The van der Waals surface area contributed by atoms with Crippen LogP contribution >= 0.6 is 0 Å². The highest BCUT2D eigenvalue weighted by Gasteiger charge is 2.17. The Kier molecular flexibility index (Phi) is 2.74. The standard InChI is InChI=1S/C26H15NO2/c1-3-7-21-19(6-1)25-22(11-9-16-13-14-28-26(16)25)27(21)17-10-12-24-20(15-17)18-5-2-4-8-23(18)29-24/h1-15H. The number of benzene rings is 4. The molecule has 0 spiro atoms. The Morgan fingerprint density at radius 3 is 2.41 bits per heavy atom. The van der Waals surface area contributed by atoms with Gasteiger partial charge in [0.05, 0.1) is 22.7 Å². The zero-order chi connectivity index (χ0) is 18.9. The van der Waals surface area contributed by atoms with Crippen LogP contribution in [0.5, 0.6) is 0 Å². The normalized spacial score (nSPS) is 12.1. The summed E-state index contributed by atoms with van der Waals surface area (Å²) in [5.74, 6) is 0. The quantitative estimate of drug-likeness (QED) is 0.300. The highest BCUT2D eigenvalue weighted by Crippen LogP contribution is 2.38. The number of fused-ring (bicyclic) bond motifs is 8. The SMILES string of the molecule is c1ccc2c(c1)oc1ccc(-n3c4ccccc4c4c5occc5ccc43)cc12. The molecule has 0 saturated heterocycles. The number of hydrogen-bond acceptors (Lipinski definition) is 2. The summed E-state index contributed by atoms with van der Waals surface area (Å²) in [5.41, 5.74) is 6.18. The predicted octanol–water partition coefficient (Wildman–Crippen LogP) is 7.43. The van der Waals surface area contributed by atoms with Gasteiger partial charge in [-0.3, -0.25) is 0 Å². The fourth-order valence-electron chi connectivity index (χ4n) is 4.61. The number of furan rings is 2. The monoisotopic (exact) mass is 373 g/mol. The van der Waals surface area contributed by atoms with Gasteiger partial charge in [-0.15, -0.1) is 0 Å². The first-order valence-electron chi connectivity index (χ1n) is 9.69. The molecular weight excluding hydrogens is 358 g/mol. The average molecular weight is 373 g/mol. The van der Waals surface area contributed by atoms with Gasteiger partial charge in [-0.2, -0.15) is 0 Å². The molecule has 0 saturated carbocycles. The van der Waals surface area contributed by atoms with Crippen molar-refractivity contribution in [2.24, 2.45) is 0 Å². The van der Waals surface area contributed by atoms with Gasteiger partial charge in [-0.25, -0.2) is 0 Å². The summed E-state index contributed by atoms with van der Waals surface area (Å²) in [6.07, 6.45) is 1.76. The molecule has 0 fully saturated rings. The Morgan fingerprint density at radius 1 is 0.621 bits per heavy atom. The third-order valence-corrected chi connectivity index (χ3v) is 5.87. The molecule has 136 valence electrons. The molecule has 0 radical (unpaired) electrons. The fourth-order valence-corrected chi connectivity index (χ4v) is 4.61. The molecule has 3 nitrogen and oxygen atoms in total. The molecule has 0 amide bonds. The highest BCUT2D eigenvalue weighted by atomic mass is 16.3. The van der Waals surface area contributed by atoms with Gasteiger partial charge in [-0.1, -0.05) is 36.4 Å². The van der Waals surface area contributed by atoms with Crippen LogP contribution in [-0.4, -0.2) is 4.57 Å². The smallest absolute Gasteiger partial charge is 0.143 e.